The zero-order valence-electron chi connectivity index (χ0n) is 16.4. The molecule has 154 valence electrons. The third kappa shape index (κ3) is 3.86. The Labute approximate surface area is 166 Å². The number of piperazine rings is 1. The number of benzene rings is 1. The van der Waals surface area contributed by atoms with E-state index in [1.54, 1.807) is 23.7 Å². The molecule has 0 bridgehead atoms. The molecule has 0 radical (unpaired) electrons. The number of rotatable bonds is 6. The first kappa shape index (κ1) is 21.0. The predicted molar refractivity (Wildman–Crippen MR) is 106 cm³/mol. The Kier molecular flexibility index (Phi) is 5.95. The molecule has 10 heteroatoms. The Morgan fingerprint density at radius 3 is 1.89 bits per heavy atom. The minimum atomic E-state index is -3.70. The zero-order chi connectivity index (χ0) is 20.5. The lowest BCUT2D eigenvalue weighted by Gasteiger charge is -2.33. The third-order valence-electron chi connectivity index (χ3n) is 5.01. The molecular weight excluding hydrogens is 400 g/mol. The lowest BCUT2D eigenvalue weighted by atomic mass is 10.2. The highest BCUT2D eigenvalue weighted by Crippen LogP contribution is 2.23. The molecule has 0 aliphatic carbocycles. The van der Waals surface area contributed by atoms with Crippen molar-refractivity contribution >= 4 is 20.0 Å². The van der Waals surface area contributed by atoms with Crippen LogP contribution in [0.15, 0.2) is 40.3 Å². The maximum atomic E-state index is 12.9. The number of nitrogens with zero attached hydrogens (tertiary/aromatic N) is 4. The minimum absolute atomic E-state index is 0.116. The van der Waals surface area contributed by atoms with Crippen molar-refractivity contribution in [1.29, 1.82) is 0 Å². The topological polar surface area (TPSA) is 92.6 Å². The summed E-state index contributed by atoms with van der Waals surface area (Å²) in [5.41, 5.74) is 1.52. The molecule has 0 N–H and O–H groups in total. The van der Waals surface area contributed by atoms with Gasteiger partial charge in [-0.05, 0) is 38.0 Å². The quantitative estimate of drug-likeness (QED) is 0.697. The van der Waals surface area contributed by atoms with Crippen LogP contribution in [0.25, 0.3) is 0 Å². The van der Waals surface area contributed by atoms with Crippen molar-refractivity contribution in [2.75, 3.05) is 26.2 Å². The van der Waals surface area contributed by atoms with E-state index < -0.39 is 20.0 Å². The second-order valence-corrected chi connectivity index (χ2v) is 10.6. The predicted octanol–water partition coefficient (Wildman–Crippen LogP) is 1.47. The summed E-state index contributed by atoms with van der Waals surface area (Å²) in [6, 6.07) is 6.84. The molecule has 1 aromatic carbocycles. The highest BCUT2D eigenvalue weighted by atomic mass is 32.2. The van der Waals surface area contributed by atoms with E-state index in [1.807, 2.05) is 26.0 Å². The highest BCUT2D eigenvalue weighted by Gasteiger charge is 2.35. The standard InChI is InChI=1S/C18H26N4O4S2/c1-4-16-6-8-17(9-7-16)27(23,24)21-10-12-22(13-11-21)28(25,26)18-14-20(5-2)19-15(18)3/h6-9,14H,4-5,10-13H2,1-3H3. The fraction of sp³-hybridized carbons (Fsp3) is 0.500. The average Bonchev–Trinajstić information content (AvgIpc) is 3.10. The van der Waals surface area contributed by atoms with E-state index in [0.717, 1.165) is 12.0 Å². The number of sulfonamides is 2. The summed E-state index contributed by atoms with van der Waals surface area (Å²) in [7, 11) is -7.33. The molecule has 2 aromatic rings. The van der Waals surface area contributed by atoms with Crippen LogP contribution in [0.4, 0.5) is 0 Å². The fourth-order valence-corrected chi connectivity index (χ4v) is 6.26. The summed E-state index contributed by atoms with van der Waals surface area (Å²) >= 11 is 0. The van der Waals surface area contributed by atoms with Crippen molar-refractivity contribution in [3.05, 3.63) is 41.7 Å². The smallest absolute Gasteiger partial charge is 0.246 e. The molecule has 2 heterocycles. The Morgan fingerprint density at radius 2 is 1.43 bits per heavy atom. The lowest BCUT2D eigenvalue weighted by Crippen LogP contribution is -2.50. The minimum Gasteiger partial charge on any atom is -0.271 e. The van der Waals surface area contributed by atoms with Gasteiger partial charge in [-0.25, -0.2) is 16.8 Å². The fourth-order valence-electron chi connectivity index (χ4n) is 3.25. The maximum absolute atomic E-state index is 12.9. The largest absolute Gasteiger partial charge is 0.271 e. The van der Waals surface area contributed by atoms with Gasteiger partial charge in [0.25, 0.3) is 0 Å². The van der Waals surface area contributed by atoms with Gasteiger partial charge in [0.1, 0.15) is 4.90 Å². The van der Waals surface area contributed by atoms with Crippen LogP contribution in [0.2, 0.25) is 0 Å². The van der Waals surface area contributed by atoms with E-state index in [-0.39, 0.29) is 36.0 Å². The van der Waals surface area contributed by atoms with Crippen LogP contribution in [0, 0.1) is 6.92 Å². The molecule has 1 fully saturated rings. The van der Waals surface area contributed by atoms with Gasteiger partial charge in [-0.2, -0.15) is 13.7 Å². The van der Waals surface area contributed by atoms with Crippen molar-refractivity contribution in [2.45, 2.75) is 43.5 Å². The van der Waals surface area contributed by atoms with Crippen molar-refractivity contribution in [1.82, 2.24) is 18.4 Å². The number of aromatic nitrogens is 2. The van der Waals surface area contributed by atoms with Crippen LogP contribution < -0.4 is 0 Å². The molecule has 1 aliphatic rings. The van der Waals surface area contributed by atoms with Gasteiger partial charge in [0.15, 0.2) is 0 Å². The van der Waals surface area contributed by atoms with Crippen LogP contribution in [0.1, 0.15) is 25.1 Å². The van der Waals surface area contributed by atoms with Crippen LogP contribution in [0.5, 0.6) is 0 Å². The Morgan fingerprint density at radius 1 is 0.893 bits per heavy atom. The van der Waals surface area contributed by atoms with E-state index in [2.05, 4.69) is 5.10 Å². The highest BCUT2D eigenvalue weighted by molar-refractivity contribution is 7.89. The van der Waals surface area contributed by atoms with Crippen molar-refractivity contribution in [2.24, 2.45) is 0 Å². The maximum Gasteiger partial charge on any atom is 0.246 e. The molecule has 28 heavy (non-hydrogen) atoms. The summed E-state index contributed by atoms with van der Waals surface area (Å²) in [5.74, 6) is 0. The van der Waals surface area contributed by atoms with Crippen LogP contribution in [0.3, 0.4) is 0 Å². The molecule has 0 spiro atoms. The second kappa shape index (κ2) is 7.94. The van der Waals surface area contributed by atoms with E-state index in [0.29, 0.717) is 12.2 Å². The molecular formula is C18H26N4O4S2. The molecule has 0 unspecified atom stereocenters. The first-order chi connectivity index (χ1) is 13.2. The van der Waals surface area contributed by atoms with Crippen LogP contribution in [-0.4, -0.2) is 61.4 Å². The third-order valence-corrected chi connectivity index (χ3v) is 8.92. The van der Waals surface area contributed by atoms with Gasteiger partial charge < -0.3 is 0 Å². The van der Waals surface area contributed by atoms with Crippen molar-refractivity contribution in [3.8, 4) is 0 Å². The zero-order valence-corrected chi connectivity index (χ0v) is 18.0. The second-order valence-electron chi connectivity index (χ2n) is 6.74. The van der Waals surface area contributed by atoms with Gasteiger partial charge in [-0.15, -0.1) is 0 Å². The monoisotopic (exact) mass is 426 g/mol. The van der Waals surface area contributed by atoms with Gasteiger partial charge in [-0.1, -0.05) is 19.1 Å². The lowest BCUT2D eigenvalue weighted by molar-refractivity contribution is 0.272. The normalized spacial score (nSPS) is 17.1. The van der Waals surface area contributed by atoms with Crippen molar-refractivity contribution < 1.29 is 16.8 Å². The molecule has 0 amide bonds. The molecule has 8 nitrogen and oxygen atoms in total. The molecule has 0 saturated carbocycles. The first-order valence-electron chi connectivity index (χ1n) is 9.33. The van der Waals surface area contributed by atoms with E-state index in [4.69, 9.17) is 0 Å². The Bertz CT molecular complexity index is 1040. The Hall–Kier alpha value is -1.75. The number of aryl methyl sites for hydroxylation is 3. The summed E-state index contributed by atoms with van der Waals surface area (Å²) in [4.78, 5) is 0.418. The van der Waals surface area contributed by atoms with Gasteiger partial charge in [0.2, 0.25) is 20.0 Å². The Balaban J connectivity index is 1.75. The van der Waals surface area contributed by atoms with Crippen LogP contribution >= 0.6 is 0 Å². The van der Waals surface area contributed by atoms with E-state index in [9.17, 15) is 16.8 Å². The van der Waals surface area contributed by atoms with Crippen LogP contribution in [-0.2, 0) is 33.0 Å². The molecule has 0 atom stereocenters. The van der Waals surface area contributed by atoms with Gasteiger partial charge in [0.05, 0.1) is 10.6 Å². The molecule has 1 saturated heterocycles. The summed E-state index contributed by atoms with van der Waals surface area (Å²) < 4.78 is 55.9. The van der Waals surface area contributed by atoms with E-state index in [1.165, 1.54) is 14.8 Å². The average molecular weight is 427 g/mol. The first-order valence-corrected chi connectivity index (χ1v) is 12.2. The number of hydrogen-bond acceptors (Lipinski definition) is 5. The van der Waals surface area contributed by atoms with E-state index >= 15 is 0 Å². The molecule has 1 aliphatic heterocycles. The van der Waals surface area contributed by atoms with Gasteiger partial charge >= 0.3 is 0 Å². The molecule has 1 aromatic heterocycles. The summed E-state index contributed by atoms with van der Waals surface area (Å²) in [6.45, 7) is 6.63. The van der Waals surface area contributed by atoms with Crippen molar-refractivity contribution in [3.63, 3.8) is 0 Å². The SMILES string of the molecule is CCc1ccc(S(=O)(=O)N2CCN(S(=O)(=O)c3cn(CC)nc3C)CC2)cc1. The summed E-state index contributed by atoms with van der Waals surface area (Å²) in [5, 5.41) is 4.20. The van der Waals surface area contributed by atoms with Gasteiger partial charge in [0, 0.05) is 38.9 Å². The summed E-state index contributed by atoms with van der Waals surface area (Å²) in [6.07, 6.45) is 2.37. The number of hydrogen-bond donors (Lipinski definition) is 0. The van der Waals surface area contributed by atoms with Gasteiger partial charge in [-0.3, -0.25) is 4.68 Å². The molecule has 3 rings (SSSR count).